The van der Waals surface area contributed by atoms with Gasteiger partial charge in [-0.1, -0.05) is 12.1 Å². The fraction of sp³-hybridized carbons (Fsp3) is 0.462. The lowest BCUT2D eigenvalue weighted by molar-refractivity contribution is -0.274. The van der Waals surface area contributed by atoms with Gasteiger partial charge in [-0.3, -0.25) is 4.79 Å². The summed E-state index contributed by atoms with van der Waals surface area (Å²) in [4.78, 5) is 13.8. The summed E-state index contributed by atoms with van der Waals surface area (Å²) in [5.74, 6) is -1.35. The Kier molecular flexibility index (Phi) is 3.35. The second-order valence-electron chi connectivity index (χ2n) is 5.34. The van der Waals surface area contributed by atoms with E-state index >= 15 is 0 Å². The van der Waals surface area contributed by atoms with E-state index in [2.05, 4.69) is 4.74 Å². The number of hydrogen-bond acceptors (Lipinski definition) is 4. The molecule has 0 saturated carbocycles. The SMILES string of the molecule is O=C(c1ccccc1OC(F)(F)F)N1CC2CC1CS2(=O)=O. The highest BCUT2D eigenvalue weighted by Crippen LogP contribution is 2.35. The Hall–Kier alpha value is -1.77. The molecule has 1 aromatic rings. The molecular weight excluding hydrogens is 323 g/mol. The summed E-state index contributed by atoms with van der Waals surface area (Å²) >= 11 is 0. The summed E-state index contributed by atoms with van der Waals surface area (Å²) in [6.45, 7) is 0.0200. The smallest absolute Gasteiger partial charge is 0.405 e. The molecule has 2 atom stereocenters. The van der Waals surface area contributed by atoms with Crippen molar-refractivity contribution >= 4 is 15.7 Å². The zero-order valence-electron chi connectivity index (χ0n) is 11.2. The van der Waals surface area contributed by atoms with Crippen LogP contribution in [0.15, 0.2) is 24.3 Å². The van der Waals surface area contributed by atoms with E-state index in [1.807, 2.05) is 0 Å². The molecule has 2 fully saturated rings. The molecule has 5 nitrogen and oxygen atoms in total. The lowest BCUT2D eigenvalue weighted by Crippen LogP contribution is -2.44. The van der Waals surface area contributed by atoms with Gasteiger partial charge in [0.15, 0.2) is 9.84 Å². The topological polar surface area (TPSA) is 63.7 Å². The summed E-state index contributed by atoms with van der Waals surface area (Å²) in [5.41, 5.74) is -0.218. The zero-order chi connectivity index (χ0) is 16.1. The molecule has 2 aliphatic rings. The molecule has 0 N–H and O–H groups in total. The first-order valence-corrected chi connectivity index (χ1v) is 8.26. The lowest BCUT2D eigenvalue weighted by atomic mass is 10.1. The molecule has 2 heterocycles. The number of alkyl halides is 3. The van der Waals surface area contributed by atoms with E-state index in [9.17, 15) is 26.4 Å². The number of para-hydroxylation sites is 1. The third-order valence-corrected chi connectivity index (χ3v) is 6.12. The predicted octanol–water partition coefficient (Wildman–Crippen LogP) is 1.60. The molecule has 1 aromatic carbocycles. The third-order valence-electron chi connectivity index (χ3n) is 3.91. The maximum absolute atomic E-state index is 12.4. The van der Waals surface area contributed by atoms with E-state index in [1.165, 1.54) is 23.1 Å². The predicted molar refractivity (Wildman–Crippen MR) is 70.1 cm³/mol. The molecule has 22 heavy (non-hydrogen) atoms. The van der Waals surface area contributed by atoms with Gasteiger partial charge in [-0.15, -0.1) is 13.2 Å². The maximum Gasteiger partial charge on any atom is 0.573 e. The number of carbonyl (C=O) groups excluding carboxylic acids is 1. The van der Waals surface area contributed by atoms with E-state index < -0.39 is 39.1 Å². The molecule has 2 aliphatic heterocycles. The summed E-state index contributed by atoms with van der Waals surface area (Å²) in [6, 6.07) is 4.59. The number of likely N-dealkylation sites (tertiary alicyclic amines) is 1. The highest BCUT2D eigenvalue weighted by atomic mass is 32.2. The van der Waals surface area contributed by atoms with Gasteiger partial charge in [0.1, 0.15) is 5.75 Å². The number of amides is 1. The van der Waals surface area contributed by atoms with Gasteiger partial charge in [0, 0.05) is 12.6 Å². The Balaban J connectivity index is 1.86. The Morgan fingerprint density at radius 3 is 2.50 bits per heavy atom. The van der Waals surface area contributed by atoms with Crippen molar-refractivity contribution in [2.75, 3.05) is 12.3 Å². The first-order valence-electron chi connectivity index (χ1n) is 6.55. The van der Waals surface area contributed by atoms with Crippen molar-refractivity contribution in [3.8, 4) is 5.75 Å². The molecule has 3 rings (SSSR count). The van der Waals surface area contributed by atoms with Crippen LogP contribution in [0, 0.1) is 0 Å². The minimum Gasteiger partial charge on any atom is -0.405 e. The zero-order valence-corrected chi connectivity index (χ0v) is 12.0. The lowest BCUT2D eigenvalue weighted by Gasteiger charge is -2.27. The number of sulfone groups is 1. The minimum absolute atomic E-state index is 0.0200. The van der Waals surface area contributed by atoms with Gasteiger partial charge in [0.25, 0.3) is 5.91 Å². The van der Waals surface area contributed by atoms with Crippen molar-refractivity contribution in [1.29, 1.82) is 0 Å². The fourth-order valence-electron chi connectivity index (χ4n) is 2.96. The summed E-state index contributed by atoms with van der Waals surface area (Å²) in [6.07, 6.45) is -4.56. The Labute approximate surface area is 124 Å². The summed E-state index contributed by atoms with van der Waals surface area (Å²) < 4.78 is 64.4. The van der Waals surface area contributed by atoms with Crippen LogP contribution >= 0.6 is 0 Å². The van der Waals surface area contributed by atoms with Crippen molar-refractivity contribution in [3.63, 3.8) is 0 Å². The van der Waals surface area contributed by atoms with Gasteiger partial charge >= 0.3 is 6.36 Å². The first kappa shape index (κ1) is 15.1. The number of fused-ring (bicyclic) bond motifs is 2. The Morgan fingerprint density at radius 2 is 1.95 bits per heavy atom. The number of nitrogens with zero attached hydrogens (tertiary/aromatic N) is 1. The van der Waals surface area contributed by atoms with Crippen molar-refractivity contribution in [3.05, 3.63) is 29.8 Å². The number of halogens is 3. The molecule has 9 heteroatoms. The van der Waals surface area contributed by atoms with Crippen LogP contribution in [0.5, 0.6) is 5.75 Å². The molecule has 0 aliphatic carbocycles. The first-order chi connectivity index (χ1) is 10.2. The van der Waals surface area contributed by atoms with Crippen LogP contribution in [0.1, 0.15) is 16.8 Å². The third kappa shape index (κ3) is 2.65. The molecule has 0 spiro atoms. The Bertz CT molecular complexity index is 716. The van der Waals surface area contributed by atoms with Crippen LogP contribution in [0.2, 0.25) is 0 Å². The molecule has 1 amide bonds. The standard InChI is InChI=1S/C13H12F3NO4S/c14-13(15,16)21-11-4-2-1-3-10(11)12(18)17-6-9-5-8(17)7-22(9,19)20/h1-4,8-9H,5-7H2. The quantitative estimate of drug-likeness (QED) is 0.823. The molecule has 2 unspecified atom stereocenters. The van der Waals surface area contributed by atoms with Gasteiger partial charge in [-0.2, -0.15) is 0 Å². The average Bonchev–Trinajstić information content (AvgIpc) is 2.92. The summed E-state index contributed by atoms with van der Waals surface area (Å²) in [5, 5.41) is -0.614. The Morgan fingerprint density at radius 1 is 1.27 bits per heavy atom. The summed E-state index contributed by atoms with van der Waals surface area (Å²) in [7, 11) is -3.18. The molecule has 0 aromatic heterocycles. The minimum atomic E-state index is -4.90. The molecule has 2 saturated heterocycles. The van der Waals surface area contributed by atoms with Crippen LogP contribution < -0.4 is 4.74 Å². The van der Waals surface area contributed by atoms with Crippen molar-refractivity contribution < 1.29 is 31.1 Å². The van der Waals surface area contributed by atoms with Crippen LogP contribution in [0.3, 0.4) is 0 Å². The monoisotopic (exact) mass is 335 g/mol. The van der Waals surface area contributed by atoms with E-state index in [4.69, 9.17) is 0 Å². The second-order valence-corrected chi connectivity index (χ2v) is 7.67. The highest BCUT2D eigenvalue weighted by molar-refractivity contribution is 7.92. The fourth-order valence-corrected chi connectivity index (χ4v) is 4.98. The maximum atomic E-state index is 12.4. The van der Waals surface area contributed by atoms with Crippen LogP contribution in [-0.2, 0) is 9.84 Å². The average molecular weight is 335 g/mol. The number of benzene rings is 1. The van der Waals surface area contributed by atoms with Crippen LogP contribution in [0.4, 0.5) is 13.2 Å². The van der Waals surface area contributed by atoms with E-state index in [1.54, 1.807) is 0 Å². The van der Waals surface area contributed by atoms with Gasteiger partial charge in [-0.25, -0.2) is 8.42 Å². The van der Waals surface area contributed by atoms with E-state index in [0.29, 0.717) is 6.42 Å². The molecule has 0 radical (unpaired) electrons. The molecule has 2 bridgehead atoms. The van der Waals surface area contributed by atoms with E-state index in [0.717, 1.165) is 6.07 Å². The molecular formula is C13H12F3NO4S. The molecule has 120 valence electrons. The number of hydrogen-bond donors (Lipinski definition) is 0. The van der Waals surface area contributed by atoms with Crippen molar-refractivity contribution in [1.82, 2.24) is 4.90 Å². The normalized spacial score (nSPS) is 26.2. The van der Waals surface area contributed by atoms with E-state index in [-0.39, 0.29) is 17.9 Å². The van der Waals surface area contributed by atoms with Gasteiger partial charge in [0.2, 0.25) is 0 Å². The number of rotatable bonds is 2. The highest BCUT2D eigenvalue weighted by Gasteiger charge is 2.50. The van der Waals surface area contributed by atoms with Crippen molar-refractivity contribution in [2.24, 2.45) is 0 Å². The van der Waals surface area contributed by atoms with Crippen LogP contribution in [0.25, 0.3) is 0 Å². The van der Waals surface area contributed by atoms with Crippen LogP contribution in [-0.4, -0.2) is 49.2 Å². The number of ether oxygens (including phenoxy) is 1. The number of carbonyl (C=O) groups is 1. The second kappa shape index (κ2) is 4.87. The van der Waals surface area contributed by atoms with Gasteiger partial charge in [0.05, 0.1) is 16.6 Å². The van der Waals surface area contributed by atoms with Crippen molar-refractivity contribution in [2.45, 2.75) is 24.1 Å². The largest absolute Gasteiger partial charge is 0.573 e. The van der Waals surface area contributed by atoms with Gasteiger partial charge < -0.3 is 9.64 Å². The van der Waals surface area contributed by atoms with Gasteiger partial charge in [-0.05, 0) is 18.6 Å².